The molecule has 2 aromatic rings. The van der Waals surface area contributed by atoms with Gasteiger partial charge in [-0.3, -0.25) is 4.99 Å². The normalized spacial score (nSPS) is 18.5. The Morgan fingerprint density at radius 2 is 2.19 bits per heavy atom. The number of fused-ring (bicyclic) bond motifs is 1. The predicted molar refractivity (Wildman–Crippen MR) is 114 cm³/mol. The highest BCUT2D eigenvalue weighted by Crippen LogP contribution is 2.37. The standard InChI is InChI=1S/C22H28N2OS/c1-3-7-16(4-2)21-13-17(12-18(24-21)14-25-11-10-23)20-15-26-22-9-6-5-8-19(20)22/h5-6,8-10,12,15-16,21,23H,3-4,7,11,13-14H2,1-2H3. The van der Waals surface area contributed by atoms with Gasteiger partial charge in [0.1, 0.15) is 0 Å². The molecular formula is C22H28N2OS. The molecule has 1 aromatic heterocycles. The molecule has 3 rings (SSSR count). The van der Waals surface area contributed by atoms with Crippen LogP contribution >= 0.6 is 11.3 Å². The Balaban J connectivity index is 1.92. The van der Waals surface area contributed by atoms with Gasteiger partial charge in [-0.15, -0.1) is 11.3 Å². The van der Waals surface area contributed by atoms with Gasteiger partial charge in [-0.1, -0.05) is 44.9 Å². The van der Waals surface area contributed by atoms with Gasteiger partial charge in [0.25, 0.3) is 0 Å². The third-order valence-corrected chi connectivity index (χ3v) is 6.07. The number of benzene rings is 1. The number of hydrogen-bond acceptors (Lipinski definition) is 4. The van der Waals surface area contributed by atoms with Crippen molar-refractivity contribution in [3.63, 3.8) is 0 Å². The van der Waals surface area contributed by atoms with Crippen LogP contribution in [0.3, 0.4) is 0 Å². The number of dihydropyridines is 1. The third kappa shape index (κ3) is 4.30. The second-order valence-corrected chi connectivity index (χ2v) is 7.79. The minimum absolute atomic E-state index is 0.331. The summed E-state index contributed by atoms with van der Waals surface area (Å²) in [6, 6.07) is 8.97. The Morgan fingerprint density at radius 3 is 2.96 bits per heavy atom. The molecule has 1 aliphatic rings. The maximum atomic E-state index is 7.15. The minimum Gasteiger partial charge on any atom is -0.370 e. The molecule has 0 spiro atoms. The van der Waals surface area contributed by atoms with Crippen molar-refractivity contribution >= 4 is 38.9 Å². The first-order valence-corrected chi connectivity index (χ1v) is 10.4. The van der Waals surface area contributed by atoms with Gasteiger partial charge in [0, 0.05) is 10.9 Å². The summed E-state index contributed by atoms with van der Waals surface area (Å²) in [5.41, 5.74) is 3.75. The highest BCUT2D eigenvalue weighted by molar-refractivity contribution is 7.17. The molecule has 138 valence electrons. The van der Waals surface area contributed by atoms with Gasteiger partial charge in [-0.25, -0.2) is 0 Å². The van der Waals surface area contributed by atoms with Gasteiger partial charge >= 0.3 is 0 Å². The van der Waals surface area contributed by atoms with Crippen LogP contribution in [0.15, 0.2) is 40.7 Å². The zero-order chi connectivity index (χ0) is 18.4. The van der Waals surface area contributed by atoms with Crippen molar-refractivity contribution in [1.82, 2.24) is 0 Å². The van der Waals surface area contributed by atoms with E-state index in [1.807, 2.05) is 11.3 Å². The van der Waals surface area contributed by atoms with Crippen LogP contribution in [0.25, 0.3) is 15.7 Å². The van der Waals surface area contributed by atoms with Crippen molar-refractivity contribution in [2.24, 2.45) is 10.9 Å². The lowest BCUT2D eigenvalue weighted by molar-refractivity contribution is 0.217. The molecular weight excluding hydrogens is 340 g/mol. The first-order valence-electron chi connectivity index (χ1n) is 9.57. The summed E-state index contributed by atoms with van der Waals surface area (Å²) in [4.78, 5) is 5.03. The minimum atomic E-state index is 0.331. The molecule has 3 nitrogen and oxygen atoms in total. The molecule has 4 heteroatoms. The number of aliphatic imine (C=N–C) groups is 1. The van der Waals surface area contributed by atoms with E-state index in [0.717, 1.165) is 18.6 Å². The Labute approximate surface area is 160 Å². The van der Waals surface area contributed by atoms with Gasteiger partial charge in [-0.2, -0.15) is 0 Å². The highest BCUT2D eigenvalue weighted by Gasteiger charge is 2.25. The summed E-state index contributed by atoms with van der Waals surface area (Å²) in [5.74, 6) is 0.617. The van der Waals surface area contributed by atoms with E-state index in [1.54, 1.807) is 0 Å². The molecule has 1 aliphatic heterocycles. The van der Waals surface area contributed by atoms with Crippen LogP contribution in [0.1, 0.15) is 45.1 Å². The van der Waals surface area contributed by atoms with E-state index in [4.69, 9.17) is 15.1 Å². The van der Waals surface area contributed by atoms with Gasteiger partial charge in [0.15, 0.2) is 0 Å². The second kappa shape index (κ2) is 9.24. The molecule has 1 aromatic carbocycles. The lowest BCUT2D eigenvalue weighted by Gasteiger charge is -2.28. The van der Waals surface area contributed by atoms with Gasteiger partial charge in [0.2, 0.25) is 0 Å². The van der Waals surface area contributed by atoms with Crippen molar-refractivity contribution in [1.29, 1.82) is 5.41 Å². The quantitative estimate of drug-likeness (QED) is 0.429. The molecule has 1 N–H and O–H groups in total. The SMILES string of the molecule is CCCC(CC)C1CC(c2csc3ccccc23)=CC(COCC=N)=N1. The molecule has 0 fully saturated rings. The van der Waals surface area contributed by atoms with Crippen LogP contribution in [-0.4, -0.2) is 31.2 Å². The maximum absolute atomic E-state index is 7.15. The number of rotatable bonds is 9. The van der Waals surface area contributed by atoms with E-state index >= 15 is 0 Å². The van der Waals surface area contributed by atoms with E-state index in [0.29, 0.717) is 25.2 Å². The molecule has 0 bridgehead atoms. The Bertz CT molecular complexity index is 805. The zero-order valence-corrected chi connectivity index (χ0v) is 16.5. The molecule has 0 aliphatic carbocycles. The Morgan fingerprint density at radius 1 is 1.35 bits per heavy atom. The molecule has 2 unspecified atom stereocenters. The van der Waals surface area contributed by atoms with Crippen LogP contribution in [0.2, 0.25) is 0 Å². The largest absolute Gasteiger partial charge is 0.370 e. The van der Waals surface area contributed by atoms with Crippen LogP contribution in [0.4, 0.5) is 0 Å². The monoisotopic (exact) mass is 368 g/mol. The molecule has 0 saturated carbocycles. The summed E-state index contributed by atoms with van der Waals surface area (Å²) in [7, 11) is 0. The average molecular weight is 369 g/mol. The van der Waals surface area contributed by atoms with Crippen LogP contribution in [0, 0.1) is 11.3 Å². The second-order valence-electron chi connectivity index (χ2n) is 6.88. The number of nitrogens with one attached hydrogen (secondary N) is 1. The lowest BCUT2D eigenvalue weighted by Crippen LogP contribution is -2.25. The lowest BCUT2D eigenvalue weighted by atomic mass is 9.84. The molecule has 2 heterocycles. The molecule has 0 radical (unpaired) electrons. The van der Waals surface area contributed by atoms with Crippen molar-refractivity contribution < 1.29 is 4.74 Å². The topological polar surface area (TPSA) is 45.4 Å². The Hall–Kier alpha value is -1.78. The van der Waals surface area contributed by atoms with E-state index in [1.165, 1.54) is 40.3 Å². The highest BCUT2D eigenvalue weighted by atomic mass is 32.1. The van der Waals surface area contributed by atoms with Crippen molar-refractivity contribution in [3.8, 4) is 0 Å². The Kier molecular flexibility index (Phi) is 6.75. The van der Waals surface area contributed by atoms with E-state index < -0.39 is 0 Å². The van der Waals surface area contributed by atoms with Crippen LogP contribution in [-0.2, 0) is 4.74 Å². The van der Waals surface area contributed by atoms with Crippen molar-refractivity contribution in [2.75, 3.05) is 13.2 Å². The molecule has 0 amide bonds. The third-order valence-electron chi connectivity index (χ3n) is 5.11. The number of thiophene rings is 1. The summed E-state index contributed by atoms with van der Waals surface area (Å²) in [5, 5.41) is 10.8. The average Bonchev–Trinajstić information content (AvgIpc) is 3.10. The predicted octanol–water partition coefficient (Wildman–Crippen LogP) is 5.99. The van der Waals surface area contributed by atoms with Crippen LogP contribution < -0.4 is 0 Å². The molecule has 0 saturated heterocycles. The fourth-order valence-corrected chi connectivity index (χ4v) is 4.79. The first kappa shape index (κ1) is 19.0. The number of hydrogen-bond donors (Lipinski definition) is 1. The first-order chi connectivity index (χ1) is 12.8. The smallest absolute Gasteiger partial charge is 0.0888 e. The fourth-order valence-electron chi connectivity index (χ4n) is 3.81. The molecule has 26 heavy (non-hydrogen) atoms. The zero-order valence-electron chi connectivity index (χ0n) is 15.7. The summed E-state index contributed by atoms with van der Waals surface area (Å²) < 4.78 is 6.92. The number of nitrogens with zero attached hydrogens (tertiary/aromatic N) is 1. The summed E-state index contributed by atoms with van der Waals surface area (Å²) in [6.45, 7) is 5.37. The van der Waals surface area contributed by atoms with E-state index in [9.17, 15) is 0 Å². The van der Waals surface area contributed by atoms with Crippen molar-refractivity contribution in [3.05, 3.63) is 41.3 Å². The maximum Gasteiger partial charge on any atom is 0.0888 e. The summed E-state index contributed by atoms with van der Waals surface area (Å²) >= 11 is 1.81. The van der Waals surface area contributed by atoms with Gasteiger partial charge in [-0.05, 0) is 52.8 Å². The molecule has 2 atom stereocenters. The van der Waals surface area contributed by atoms with E-state index in [2.05, 4.69) is 49.6 Å². The van der Waals surface area contributed by atoms with Gasteiger partial charge in [0.05, 0.1) is 25.0 Å². The van der Waals surface area contributed by atoms with Crippen LogP contribution in [0.5, 0.6) is 0 Å². The van der Waals surface area contributed by atoms with Gasteiger partial charge < -0.3 is 10.1 Å². The number of ether oxygens (including phenoxy) is 1. The van der Waals surface area contributed by atoms with E-state index in [-0.39, 0.29) is 0 Å². The summed E-state index contributed by atoms with van der Waals surface area (Å²) in [6.07, 6.45) is 8.10. The van der Waals surface area contributed by atoms with Crippen molar-refractivity contribution in [2.45, 2.75) is 45.6 Å². The fraction of sp³-hybridized carbons (Fsp3) is 0.455.